The van der Waals surface area contributed by atoms with Gasteiger partial charge in [0.05, 0.1) is 5.02 Å². The van der Waals surface area contributed by atoms with Crippen molar-refractivity contribution in [1.82, 2.24) is 15.0 Å². The van der Waals surface area contributed by atoms with Gasteiger partial charge in [0.15, 0.2) is 7.26 Å². The fraction of sp³-hybridized carbons (Fsp3) is 0. The molecule has 6 heteroatoms. The van der Waals surface area contributed by atoms with Gasteiger partial charge < -0.3 is 5.32 Å². The van der Waals surface area contributed by atoms with E-state index in [0.717, 1.165) is 32.9 Å². The Morgan fingerprint density at radius 1 is 0.606 bits per heavy atom. The molecule has 4 nitrogen and oxygen atoms in total. The van der Waals surface area contributed by atoms with Gasteiger partial charge in [-0.15, -0.1) is 0 Å². The van der Waals surface area contributed by atoms with Crippen molar-refractivity contribution in [1.29, 1.82) is 0 Å². The van der Waals surface area contributed by atoms with Crippen LogP contribution in [0.3, 0.4) is 0 Å². The molecule has 0 bridgehead atoms. The fourth-order valence-corrected chi connectivity index (χ4v) is 8.39. The molecule has 160 valence electrons. The van der Waals surface area contributed by atoms with E-state index in [2.05, 4.69) is 64.9 Å². The molecule has 0 unspecified atom stereocenters. The van der Waals surface area contributed by atoms with E-state index in [1.54, 1.807) is 12.7 Å². The Balaban J connectivity index is 1.88. The van der Waals surface area contributed by atoms with E-state index in [1.165, 1.54) is 0 Å². The van der Waals surface area contributed by atoms with Crippen molar-refractivity contribution in [3.05, 3.63) is 127 Å². The number of nitrogens with one attached hydrogen (secondary N) is 1. The minimum absolute atomic E-state index is 0.640. The van der Waals surface area contributed by atoms with Gasteiger partial charge in [0.25, 0.3) is 5.57 Å². The van der Waals surface area contributed by atoms with Crippen LogP contribution in [0.2, 0.25) is 5.02 Å². The van der Waals surface area contributed by atoms with Crippen LogP contribution in [-0.4, -0.2) is 15.0 Å². The molecule has 33 heavy (non-hydrogen) atoms. The summed E-state index contributed by atoms with van der Waals surface area (Å²) in [5.41, 5.74) is 2.54. The van der Waals surface area contributed by atoms with Gasteiger partial charge in [-0.1, -0.05) is 72.3 Å². The zero-order chi connectivity index (χ0) is 22.5. The third kappa shape index (κ3) is 4.00. The summed E-state index contributed by atoms with van der Waals surface area (Å²) in [7, 11) is -2.52. The van der Waals surface area contributed by atoms with Gasteiger partial charge in [-0.05, 0) is 48.5 Å². The molecular formula is C27H21ClN4P+. The lowest BCUT2D eigenvalue weighted by Gasteiger charge is -2.27. The maximum Gasteiger partial charge on any atom is 0.295 e. The molecule has 0 saturated carbocycles. The number of aromatic nitrogens is 3. The Kier molecular flexibility index (Phi) is 6.12. The second-order valence-electron chi connectivity index (χ2n) is 7.41. The van der Waals surface area contributed by atoms with Crippen LogP contribution < -0.4 is 26.8 Å². The summed E-state index contributed by atoms with van der Waals surface area (Å²) < 4.78 is 0. The number of anilines is 2. The van der Waals surface area contributed by atoms with Gasteiger partial charge >= 0.3 is 0 Å². The Bertz CT molecular complexity index is 1240. The van der Waals surface area contributed by atoms with E-state index < -0.39 is 7.26 Å². The maximum atomic E-state index is 6.85. The van der Waals surface area contributed by atoms with Crippen molar-refractivity contribution in [3.8, 4) is 0 Å². The largest absolute Gasteiger partial charge is 0.351 e. The van der Waals surface area contributed by atoms with Crippen molar-refractivity contribution in [2.24, 2.45) is 0 Å². The Morgan fingerprint density at radius 2 is 1.15 bits per heavy atom. The predicted molar refractivity (Wildman–Crippen MR) is 139 cm³/mol. The van der Waals surface area contributed by atoms with Crippen LogP contribution >= 0.6 is 18.9 Å². The van der Waals surface area contributed by atoms with Crippen LogP contribution in [0.15, 0.2) is 122 Å². The average Bonchev–Trinajstić information content (AvgIpc) is 2.89. The maximum absolute atomic E-state index is 6.85. The number of nitrogens with zero attached hydrogens (tertiary/aromatic N) is 3. The van der Waals surface area contributed by atoms with E-state index in [4.69, 9.17) is 21.6 Å². The molecule has 4 aromatic carbocycles. The second-order valence-corrected chi connectivity index (χ2v) is 11.1. The quantitative estimate of drug-likeness (QED) is 0.361. The van der Waals surface area contributed by atoms with E-state index >= 15 is 0 Å². The van der Waals surface area contributed by atoms with Gasteiger partial charge in [-0.25, -0.2) is 4.98 Å². The summed E-state index contributed by atoms with van der Waals surface area (Å²) in [6.07, 6.45) is 3.13. The summed E-state index contributed by atoms with van der Waals surface area (Å²) in [6, 6.07) is 37.0. The molecule has 0 aliphatic heterocycles. The highest BCUT2D eigenvalue weighted by Crippen LogP contribution is 2.55. The molecule has 5 aromatic rings. The molecule has 1 heterocycles. The smallest absolute Gasteiger partial charge is 0.295 e. The summed E-state index contributed by atoms with van der Waals surface area (Å²) in [5.74, 6) is 0. The van der Waals surface area contributed by atoms with E-state index in [9.17, 15) is 0 Å². The number of hydrogen-bond donors (Lipinski definition) is 1. The standard InChI is InChI=1S/C27H21ClN4P/c28-24-17-10-18-25(26(24)32-21-11-4-1-5-12-21)33(22-13-6-2-7-14-22,23-15-8-3-9-16-23)27-30-19-29-20-31-27/h1-20,32H/q+1. The highest BCUT2D eigenvalue weighted by molar-refractivity contribution is 8.01. The zero-order valence-corrected chi connectivity index (χ0v) is 19.4. The fourth-order valence-electron chi connectivity index (χ4n) is 4.06. The Morgan fingerprint density at radius 3 is 1.73 bits per heavy atom. The average molecular weight is 468 g/mol. The van der Waals surface area contributed by atoms with Gasteiger partial charge in [-0.3, -0.25) is 0 Å². The molecular weight excluding hydrogens is 447 g/mol. The van der Waals surface area contributed by atoms with E-state index in [-0.39, 0.29) is 0 Å². The molecule has 0 atom stereocenters. The molecule has 0 aliphatic carbocycles. The lowest BCUT2D eigenvalue weighted by molar-refractivity contribution is 1.09. The summed E-state index contributed by atoms with van der Waals surface area (Å²) >= 11 is 6.85. The molecule has 0 aliphatic rings. The predicted octanol–water partition coefficient (Wildman–Crippen LogP) is 4.89. The van der Waals surface area contributed by atoms with E-state index in [0.29, 0.717) is 5.02 Å². The molecule has 0 saturated heterocycles. The number of benzene rings is 4. The van der Waals surface area contributed by atoms with Gasteiger partial charge in [0, 0.05) is 5.69 Å². The molecule has 0 fully saturated rings. The Labute approximate surface area is 198 Å². The zero-order valence-electron chi connectivity index (χ0n) is 17.7. The molecule has 0 amide bonds. The molecule has 5 rings (SSSR count). The first-order chi connectivity index (χ1) is 16.3. The lowest BCUT2D eigenvalue weighted by atomic mass is 10.2. The monoisotopic (exact) mass is 467 g/mol. The van der Waals surface area contributed by atoms with Crippen LogP contribution in [-0.2, 0) is 0 Å². The second kappa shape index (κ2) is 9.50. The molecule has 0 spiro atoms. The van der Waals surface area contributed by atoms with Crippen LogP contribution in [0.5, 0.6) is 0 Å². The topological polar surface area (TPSA) is 50.7 Å². The van der Waals surface area contributed by atoms with Crippen LogP contribution in [0.1, 0.15) is 0 Å². The Hall–Kier alpha value is -3.59. The van der Waals surface area contributed by atoms with Gasteiger partial charge in [0.2, 0.25) is 0 Å². The summed E-state index contributed by atoms with van der Waals surface area (Å²) in [4.78, 5) is 13.5. The number of halogens is 1. The number of rotatable bonds is 6. The first kappa shape index (κ1) is 21.3. The molecule has 1 aromatic heterocycles. The third-order valence-corrected chi connectivity index (χ3v) is 9.85. The minimum atomic E-state index is -2.52. The van der Waals surface area contributed by atoms with Crippen LogP contribution in [0, 0.1) is 0 Å². The van der Waals surface area contributed by atoms with Crippen LogP contribution in [0.25, 0.3) is 0 Å². The first-order valence-electron chi connectivity index (χ1n) is 10.5. The minimum Gasteiger partial charge on any atom is -0.351 e. The number of para-hydroxylation sites is 2. The lowest BCUT2D eigenvalue weighted by Crippen LogP contribution is -2.42. The van der Waals surface area contributed by atoms with Crippen LogP contribution in [0.4, 0.5) is 11.4 Å². The normalized spacial score (nSPS) is 11.2. The molecule has 1 N–H and O–H groups in total. The van der Waals surface area contributed by atoms with Crippen molar-refractivity contribution in [3.63, 3.8) is 0 Å². The number of hydrogen-bond acceptors (Lipinski definition) is 4. The van der Waals surface area contributed by atoms with Crippen molar-refractivity contribution in [2.45, 2.75) is 0 Å². The SMILES string of the molecule is Clc1cccc([P+](c2ccccc2)(c2ccccc2)c2ncncn2)c1Nc1ccccc1. The van der Waals surface area contributed by atoms with Crippen molar-refractivity contribution in [2.75, 3.05) is 5.32 Å². The van der Waals surface area contributed by atoms with Crippen molar-refractivity contribution < 1.29 is 0 Å². The first-order valence-corrected chi connectivity index (χ1v) is 12.7. The van der Waals surface area contributed by atoms with Gasteiger partial charge in [-0.2, -0.15) is 9.97 Å². The summed E-state index contributed by atoms with van der Waals surface area (Å²) in [6.45, 7) is 0. The highest BCUT2D eigenvalue weighted by Gasteiger charge is 2.52. The van der Waals surface area contributed by atoms with E-state index in [1.807, 2.05) is 54.6 Å². The summed E-state index contributed by atoms with van der Waals surface area (Å²) in [5, 5.41) is 7.56. The highest BCUT2D eigenvalue weighted by atomic mass is 35.5. The third-order valence-electron chi connectivity index (χ3n) is 5.46. The van der Waals surface area contributed by atoms with Gasteiger partial charge in [0.1, 0.15) is 34.3 Å². The van der Waals surface area contributed by atoms with Crippen molar-refractivity contribution >= 4 is 51.7 Å². The molecule has 0 radical (unpaired) electrons.